The highest BCUT2D eigenvalue weighted by Gasteiger charge is 2.05. The molecule has 0 bridgehead atoms. The Morgan fingerprint density at radius 2 is 2.05 bits per heavy atom. The number of benzene rings is 1. The fourth-order valence-corrected chi connectivity index (χ4v) is 1.82. The first kappa shape index (κ1) is 15.6. The second kappa shape index (κ2) is 7.88. The third-order valence-electron chi connectivity index (χ3n) is 2.22. The van der Waals surface area contributed by atoms with Crippen molar-refractivity contribution < 1.29 is 9.59 Å². The van der Waals surface area contributed by atoms with Gasteiger partial charge in [0.05, 0.1) is 6.42 Å². The Balaban J connectivity index is 2.49. The summed E-state index contributed by atoms with van der Waals surface area (Å²) in [5.41, 5.74) is 3.69. The molecule has 0 aromatic heterocycles. The molecule has 0 radical (unpaired) electrons. The average Bonchev–Trinajstić information content (AvgIpc) is 2.35. The monoisotopic (exact) mass is 373 g/mol. The second-order valence-electron chi connectivity index (χ2n) is 3.97. The van der Waals surface area contributed by atoms with E-state index in [0.29, 0.717) is 12.1 Å². The smallest absolute Gasteiger partial charge is 0.239 e. The van der Waals surface area contributed by atoms with Gasteiger partial charge in [-0.25, -0.2) is 5.43 Å². The highest BCUT2D eigenvalue weighted by atomic mass is 127. The zero-order chi connectivity index (χ0) is 14.3. The van der Waals surface area contributed by atoms with Crippen molar-refractivity contribution in [1.29, 1.82) is 0 Å². The van der Waals surface area contributed by atoms with E-state index >= 15 is 0 Å². The molecule has 0 saturated carbocycles. The van der Waals surface area contributed by atoms with Crippen LogP contribution in [-0.4, -0.2) is 17.5 Å². The van der Waals surface area contributed by atoms with Crippen LogP contribution in [0.2, 0.25) is 0 Å². The van der Waals surface area contributed by atoms with Gasteiger partial charge in [-0.3, -0.25) is 9.59 Å². The van der Waals surface area contributed by atoms with Gasteiger partial charge in [0.2, 0.25) is 11.8 Å². The van der Waals surface area contributed by atoms with Gasteiger partial charge < -0.3 is 5.32 Å². The van der Waals surface area contributed by atoms with Crippen LogP contribution in [0.3, 0.4) is 0 Å². The Kier molecular flexibility index (Phi) is 6.48. The van der Waals surface area contributed by atoms with Gasteiger partial charge in [-0.05, 0) is 47.7 Å². The third kappa shape index (κ3) is 6.32. The maximum atomic E-state index is 11.7. The van der Waals surface area contributed by atoms with Crippen molar-refractivity contribution in [2.24, 2.45) is 5.10 Å². The van der Waals surface area contributed by atoms with Crippen LogP contribution in [0.15, 0.2) is 29.4 Å². The Labute approximate surface area is 126 Å². The van der Waals surface area contributed by atoms with Crippen LogP contribution in [-0.2, 0) is 9.59 Å². The molecule has 0 heterocycles. The van der Waals surface area contributed by atoms with E-state index in [1.165, 1.54) is 0 Å². The predicted octanol–water partition coefficient (Wildman–Crippen LogP) is 2.52. The molecule has 0 fully saturated rings. The molecule has 0 aliphatic carbocycles. The fraction of sp³-hybridized carbons (Fsp3) is 0.308. The van der Waals surface area contributed by atoms with Gasteiger partial charge in [-0.2, -0.15) is 5.10 Å². The summed E-state index contributed by atoms with van der Waals surface area (Å²) in [7, 11) is 0. The lowest BCUT2D eigenvalue weighted by atomic mass is 10.2. The van der Waals surface area contributed by atoms with Crippen LogP contribution in [0.25, 0.3) is 0 Å². The maximum Gasteiger partial charge on any atom is 0.239 e. The molecule has 2 amide bonds. The van der Waals surface area contributed by atoms with E-state index in [9.17, 15) is 9.59 Å². The zero-order valence-electron chi connectivity index (χ0n) is 10.9. The number of halogens is 1. The van der Waals surface area contributed by atoms with E-state index < -0.39 is 0 Å². The average molecular weight is 373 g/mol. The van der Waals surface area contributed by atoms with Crippen LogP contribution >= 0.6 is 22.6 Å². The van der Waals surface area contributed by atoms with Crippen LogP contribution < -0.4 is 10.7 Å². The highest BCUT2D eigenvalue weighted by molar-refractivity contribution is 14.1. The minimum atomic E-state index is -0.169. The Bertz CT molecular complexity index is 500. The lowest BCUT2D eigenvalue weighted by Crippen LogP contribution is -2.20. The third-order valence-corrected chi connectivity index (χ3v) is 2.89. The summed E-state index contributed by atoms with van der Waals surface area (Å²) in [4.78, 5) is 22.8. The summed E-state index contributed by atoms with van der Waals surface area (Å²) in [6, 6.07) is 7.53. The first-order valence-corrected chi connectivity index (χ1v) is 6.96. The van der Waals surface area contributed by atoms with E-state index in [-0.39, 0.29) is 18.2 Å². The number of rotatable bonds is 5. The summed E-state index contributed by atoms with van der Waals surface area (Å²) in [6.45, 7) is 3.44. The van der Waals surface area contributed by atoms with Crippen molar-refractivity contribution in [3.8, 4) is 0 Å². The van der Waals surface area contributed by atoms with Crippen LogP contribution in [0, 0.1) is 3.57 Å². The molecule has 2 N–H and O–H groups in total. The molecule has 0 aliphatic heterocycles. The van der Waals surface area contributed by atoms with Gasteiger partial charge in [0.25, 0.3) is 0 Å². The Morgan fingerprint density at radius 1 is 1.32 bits per heavy atom. The summed E-state index contributed by atoms with van der Waals surface area (Å²) < 4.78 is 1.05. The van der Waals surface area contributed by atoms with E-state index in [4.69, 9.17) is 0 Å². The van der Waals surface area contributed by atoms with Gasteiger partial charge in [0, 0.05) is 21.4 Å². The van der Waals surface area contributed by atoms with Crippen molar-refractivity contribution in [3.63, 3.8) is 0 Å². The highest BCUT2D eigenvalue weighted by Crippen LogP contribution is 2.12. The standard InChI is InChI=1S/C13H16IN3O2/c1-3-12(18)17-16-9(2)7-13(19)15-11-6-4-5-10(14)8-11/h4-6,8H,3,7H2,1-2H3,(H,15,19)(H,17,18)/b16-9-. The molecule has 1 aromatic rings. The van der Waals surface area contributed by atoms with E-state index in [0.717, 1.165) is 9.26 Å². The Morgan fingerprint density at radius 3 is 2.68 bits per heavy atom. The number of nitrogens with zero attached hydrogens (tertiary/aromatic N) is 1. The van der Waals surface area contributed by atoms with Gasteiger partial charge in [-0.15, -0.1) is 0 Å². The molecular weight excluding hydrogens is 357 g/mol. The van der Waals surface area contributed by atoms with Crippen LogP contribution in [0.1, 0.15) is 26.7 Å². The molecule has 1 rings (SSSR count). The minimum absolute atomic E-state index is 0.148. The Hall–Kier alpha value is -1.44. The zero-order valence-corrected chi connectivity index (χ0v) is 13.0. The number of amides is 2. The fourth-order valence-electron chi connectivity index (χ4n) is 1.28. The van der Waals surface area contributed by atoms with E-state index in [1.807, 2.05) is 24.3 Å². The molecule has 0 atom stereocenters. The van der Waals surface area contributed by atoms with Crippen molar-refractivity contribution >= 4 is 45.8 Å². The van der Waals surface area contributed by atoms with Gasteiger partial charge in [0.1, 0.15) is 0 Å². The number of carbonyl (C=O) groups excluding carboxylic acids is 2. The molecule has 5 nitrogen and oxygen atoms in total. The van der Waals surface area contributed by atoms with Crippen molar-refractivity contribution in [2.75, 3.05) is 5.32 Å². The molecule has 0 spiro atoms. The van der Waals surface area contributed by atoms with E-state index in [2.05, 4.69) is 38.4 Å². The summed E-state index contributed by atoms with van der Waals surface area (Å²) in [6.07, 6.45) is 0.515. The minimum Gasteiger partial charge on any atom is -0.326 e. The van der Waals surface area contributed by atoms with Crippen molar-refractivity contribution in [1.82, 2.24) is 5.43 Å². The molecular formula is C13H16IN3O2. The molecule has 0 unspecified atom stereocenters. The normalized spacial score (nSPS) is 11.0. The van der Waals surface area contributed by atoms with Gasteiger partial charge in [0.15, 0.2) is 0 Å². The molecule has 19 heavy (non-hydrogen) atoms. The topological polar surface area (TPSA) is 70.6 Å². The number of carbonyl (C=O) groups is 2. The van der Waals surface area contributed by atoms with Crippen molar-refractivity contribution in [3.05, 3.63) is 27.8 Å². The first-order valence-electron chi connectivity index (χ1n) is 5.88. The largest absolute Gasteiger partial charge is 0.326 e. The molecule has 0 aliphatic rings. The second-order valence-corrected chi connectivity index (χ2v) is 5.22. The lowest BCUT2D eigenvalue weighted by Gasteiger charge is -2.05. The summed E-state index contributed by atoms with van der Waals surface area (Å²) >= 11 is 2.18. The number of nitrogens with one attached hydrogen (secondary N) is 2. The molecule has 6 heteroatoms. The predicted molar refractivity (Wildman–Crippen MR) is 83.9 cm³/mol. The number of hydrogen-bond donors (Lipinski definition) is 2. The van der Waals surface area contributed by atoms with Crippen LogP contribution in [0.4, 0.5) is 5.69 Å². The molecule has 0 saturated heterocycles. The van der Waals surface area contributed by atoms with Crippen LogP contribution in [0.5, 0.6) is 0 Å². The van der Waals surface area contributed by atoms with Gasteiger partial charge in [-0.1, -0.05) is 13.0 Å². The first-order chi connectivity index (χ1) is 9.01. The molecule has 102 valence electrons. The number of hydrazone groups is 1. The SMILES string of the molecule is CCC(=O)N/N=C(/C)CC(=O)Nc1cccc(I)c1. The maximum absolute atomic E-state index is 11.7. The van der Waals surface area contributed by atoms with Gasteiger partial charge >= 0.3 is 0 Å². The molecule has 1 aromatic carbocycles. The summed E-state index contributed by atoms with van der Waals surface area (Å²) in [5.74, 6) is -0.327. The van der Waals surface area contributed by atoms with Crippen molar-refractivity contribution in [2.45, 2.75) is 26.7 Å². The number of anilines is 1. The quantitative estimate of drug-likeness (QED) is 0.473. The lowest BCUT2D eigenvalue weighted by molar-refractivity contribution is -0.121. The van der Waals surface area contributed by atoms with E-state index in [1.54, 1.807) is 13.8 Å². The summed E-state index contributed by atoms with van der Waals surface area (Å²) in [5, 5.41) is 6.63. The number of hydrogen-bond acceptors (Lipinski definition) is 3.